The predicted molar refractivity (Wildman–Crippen MR) is 124 cm³/mol. The maximum Gasteiger partial charge on any atom is 0.132 e. The Morgan fingerprint density at radius 1 is 0.903 bits per heavy atom. The first-order valence-corrected chi connectivity index (χ1v) is 12.2. The molecule has 0 unspecified atom stereocenters. The molecule has 0 atom stereocenters. The van der Waals surface area contributed by atoms with Crippen molar-refractivity contribution < 1.29 is 4.74 Å². The Hall–Kier alpha value is -1.69. The van der Waals surface area contributed by atoms with Crippen LogP contribution in [-0.2, 0) is 6.42 Å². The third-order valence-corrected chi connectivity index (χ3v) is 7.61. The summed E-state index contributed by atoms with van der Waals surface area (Å²) in [5, 5.41) is 0.561. The van der Waals surface area contributed by atoms with Crippen molar-refractivity contribution in [1.82, 2.24) is 19.8 Å². The zero-order valence-electron chi connectivity index (χ0n) is 18.5. The highest BCUT2D eigenvalue weighted by molar-refractivity contribution is 6.30. The second-order valence-electron chi connectivity index (χ2n) is 9.37. The molecular weight excluding hydrogens is 408 g/mol. The maximum atomic E-state index is 5.91. The summed E-state index contributed by atoms with van der Waals surface area (Å²) in [5.41, 5.74) is 2.52. The van der Waals surface area contributed by atoms with Gasteiger partial charge in [0.25, 0.3) is 0 Å². The van der Waals surface area contributed by atoms with Crippen LogP contribution in [0.25, 0.3) is 0 Å². The van der Waals surface area contributed by atoms with Crippen molar-refractivity contribution in [2.45, 2.75) is 62.9 Å². The highest BCUT2D eigenvalue weighted by Gasteiger charge is 2.34. The lowest BCUT2D eigenvalue weighted by Gasteiger charge is -2.42. The van der Waals surface area contributed by atoms with Gasteiger partial charge in [-0.1, -0.05) is 23.7 Å². The molecule has 1 aromatic heterocycles. The summed E-state index contributed by atoms with van der Waals surface area (Å²) >= 11 is 5.91. The van der Waals surface area contributed by atoms with Crippen molar-refractivity contribution in [3.8, 4) is 5.75 Å². The quantitative estimate of drug-likeness (QED) is 0.659. The van der Waals surface area contributed by atoms with Crippen LogP contribution in [0, 0.1) is 0 Å². The van der Waals surface area contributed by atoms with E-state index in [0.29, 0.717) is 17.4 Å². The summed E-state index contributed by atoms with van der Waals surface area (Å²) < 4.78 is 5.73. The Kier molecular flexibility index (Phi) is 6.44. The fourth-order valence-electron chi connectivity index (χ4n) is 5.42. The number of halogens is 1. The highest BCUT2D eigenvalue weighted by Crippen LogP contribution is 2.35. The van der Waals surface area contributed by atoms with Crippen LogP contribution < -0.4 is 4.74 Å². The number of likely N-dealkylation sites (tertiary alicyclic amines) is 2. The highest BCUT2D eigenvalue weighted by atomic mass is 35.5. The first kappa shape index (κ1) is 21.2. The summed E-state index contributed by atoms with van der Waals surface area (Å²) in [7, 11) is 1.75. The van der Waals surface area contributed by atoms with Crippen LogP contribution in [0.4, 0.5) is 0 Å². The monoisotopic (exact) mass is 440 g/mol. The van der Waals surface area contributed by atoms with Gasteiger partial charge in [-0.05, 0) is 82.3 Å². The second-order valence-corrected chi connectivity index (χ2v) is 9.81. The number of rotatable bonds is 6. The fraction of sp³-hybridized carbons (Fsp3) is 0.600. The molecule has 1 aliphatic carbocycles. The van der Waals surface area contributed by atoms with Gasteiger partial charge in [-0.15, -0.1) is 0 Å². The Labute approximate surface area is 190 Å². The Morgan fingerprint density at radius 3 is 2.13 bits per heavy atom. The molecule has 0 radical (unpaired) electrons. The van der Waals surface area contributed by atoms with Gasteiger partial charge in [-0.2, -0.15) is 0 Å². The molecule has 2 aromatic rings. The number of hydrogen-bond acceptors (Lipinski definition) is 5. The molecule has 31 heavy (non-hydrogen) atoms. The Morgan fingerprint density at radius 2 is 1.52 bits per heavy atom. The van der Waals surface area contributed by atoms with Crippen LogP contribution in [0.15, 0.2) is 30.6 Å². The zero-order chi connectivity index (χ0) is 21.2. The van der Waals surface area contributed by atoms with Gasteiger partial charge in [0.2, 0.25) is 0 Å². The molecule has 1 aromatic carbocycles. The van der Waals surface area contributed by atoms with Crippen molar-refractivity contribution in [1.29, 1.82) is 0 Å². The Bertz CT molecular complexity index is 870. The lowest BCUT2D eigenvalue weighted by molar-refractivity contribution is 0.0843. The molecule has 2 saturated heterocycles. The smallest absolute Gasteiger partial charge is 0.132 e. The van der Waals surface area contributed by atoms with Gasteiger partial charge in [-0.25, -0.2) is 9.97 Å². The number of piperidine rings is 2. The summed E-state index contributed by atoms with van der Waals surface area (Å²) in [6.45, 7) is 5.07. The molecule has 5 nitrogen and oxygen atoms in total. The zero-order valence-corrected chi connectivity index (χ0v) is 19.2. The molecule has 0 bridgehead atoms. The minimum Gasteiger partial charge on any atom is -0.496 e. The molecule has 166 valence electrons. The van der Waals surface area contributed by atoms with Crippen LogP contribution in [0.5, 0.6) is 5.75 Å². The fourth-order valence-corrected chi connectivity index (χ4v) is 5.51. The van der Waals surface area contributed by atoms with E-state index in [1.165, 1.54) is 70.3 Å². The van der Waals surface area contributed by atoms with E-state index in [2.05, 4.69) is 38.0 Å². The van der Waals surface area contributed by atoms with E-state index in [1.807, 2.05) is 0 Å². The molecule has 0 amide bonds. The normalized spacial score (nSPS) is 22.0. The molecular formula is C25H33ClN4O. The van der Waals surface area contributed by atoms with E-state index in [9.17, 15) is 0 Å². The van der Waals surface area contributed by atoms with E-state index in [1.54, 1.807) is 19.5 Å². The van der Waals surface area contributed by atoms with E-state index in [4.69, 9.17) is 16.3 Å². The number of nitrogens with zero attached hydrogens (tertiary/aromatic N) is 4. The SMILES string of the molecule is COc1cc(C2CCN(C3CCN(C4CC4)CC3)CC2)ccc1Cc1ncc(Cl)cn1. The Balaban J connectivity index is 1.17. The van der Waals surface area contributed by atoms with Gasteiger partial charge in [0, 0.05) is 36.5 Å². The largest absolute Gasteiger partial charge is 0.496 e. The van der Waals surface area contributed by atoms with Crippen molar-refractivity contribution in [2.75, 3.05) is 33.3 Å². The van der Waals surface area contributed by atoms with Gasteiger partial charge in [-0.3, -0.25) is 0 Å². The minimum absolute atomic E-state index is 0.561. The molecule has 3 aliphatic rings. The van der Waals surface area contributed by atoms with Crippen molar-refractivity contribution in [3.05, 3.63) is 52.6 Å². The van der Waals surface area contributed by atoms with Gasteiger partial charge >= 0.3 is 0 Å². The number of aromatic nitrogens is 2. The number of benzene rings is 1. The van der Waals surface area contributed by atoms with Crippen molar-refractivity contribution >= 4 is 11.6 Å². The molecule has 1 saturated carbocycles. The van der Waals surface area contributed by atoms with Crippen LogP contribution in [0.1, 0.15) is 61.4 Å². The van der Waals surface area contributed by atoms with E-state index < -0.39 is 0 Å². The molecule has 2 aliphatic heterocycles. The van der Waals surface area contributed by atoms with E-state index >= 15 is 0 Å². The standard InChI is InChI=1S/C25H33ClN4O/c1-31-24-14-19(2-3-20(24)15-25-27-16-21(26)17-28-25)18-6-10-29(11-7-18)23-8-12-30(13-9-23)22-4-5-22/h2-3,14,16-18,22-23H,4-13,15H2,1H3. The van der Waals surface area contributed by atoms with E-state index in [-0.39, 0.29) is 0 Å². The molecule has 3 fully saturated rings. The first-order valence-electron chi connectivity index (χ1n) is 11.8. The molecule has 0 spiro atoms. The molecule has 0 N–H and O–H groups in total. The van der Waals surface area contributed by atoms with Crippen LogP contribution in [-0.4, -0.2) is 65.1 Å². The topological polar surface area (TPSA) is 41.5 Å². The predicted octanol–water partition coefficient (Wildman–Crippen LogP) is 4.54. The van der Waals surface area contributed by atoms with Crippen molar-refractivity contribution in [2.24, 2.45) is 0 Å². The summed E-state index contributed by atoms with van der Waals surface area (Å²) in [5.74, 6) is 2.32. The van der Waals surface area contributed by atoms with Crippen LogP contribution in [0.2, 0.25) is 5.02 Å². The van der Waals surface area contributed by atoms with Gasteiger partial charge in [0.05, 0.1) is 12.1 Å². The van der Waals surface area contributed by atoms with Gasteiger partial charge in [0.15, 0.2) is 0 Å². The summed E-state index contributed by atoms with van der Waals surface area (Å²) in [6, 6.07) is 8.43. The lowest BCUT2D eigenvalue weighted by Crippen LogP contribution is -2.47. The maximum absolute atomic E-state index is 5.91. The summed E-state index contributed by atoms with van der Waals surface area (Å²) in [6.07, 6.45) is 12.0. The number of hydrogen-bond donors (Lipinski definition) is 0. The lowest BCUT2D eigenvalue weighted by atomic mass is 9.87. The van der Waals surface area contributed by atoms with E-state index in [0.717, 1.165) is 29.2 Å². The van der Waals surface area contributed by atoms with Gasteiger partial charge in [0.1, 0.15) is 11.6 Å². The number of methoxy groups -OCH3 is 1. The average molecular weight is 441 g/mol. The van der Waals surface area contributed by atoms with Gasteiger partial charge < -0.3 is 14.5 Å². The molecule has 5 rings (SSSR count). The van der Waals surface area contributed by atoms with Crippen LogP contribution in [0.3, 0.4) is 0 Å². The van der Waals surface area contributed by atoms with Crippen LogP contribution >= 0.6 is 11.6 Å². The molecule has 3 heterocycles. The number of ether oxygens (including phenoxy) is 1. The summed E-state index contributed by atoms with van der Waals surface area (Å²) in [4.78, 5) is 14.1. The first-order chi connectivity index (χ1) is 15.2. The third kappa shape index (κ3) is 5.05. The van der Waals surface area contributed by atoms with Crippen molar-refractivity contribution in [3.63, 3.8) is 0 Å². The third-order valence-electron chi connectivity index (χ3n) is 7.41. The minimum atomic E-state index is 0.561. The molecule has 6 heteroatoms. The second kappa shape index (κ2) is 9.43. The average Bonchev–Trinajstić information content (AvgIpc) is 3.67.